The van der Waals surface area contributed by atoms with Gasteiger partial charge in [-0.15, -0.1) is 0 Å². The Morgan fingerprint density at radius 3 is 1.48 bits per heavy atom. The van der Waals surface area contributed by atoms with Crippen molar-refractivity contribution >= 4 is 5.71 Å². The SMILES string of the molecule is CCCCCCCCCCCCC(C)=NC1CCCCCCCCCCC1. The third-order valence-electron chi connectivity index (χ3n) is 6.37. The summed E-state index contributed by atoms with van der Waals surface area (Å²) in [5.41, 5.74) is 1.44. The van der Waals surface area contributed by atoms with Crippen molar-refractivity contribution in [3.05, 3.63) is 0 Å². The molecule has 0 aromatic carbocycles. The Kier molecular flexibility index (Phi) is 17.4. The quantitative estimate of drug-likeness (QED) is 0.237. The summed E-state index contributed by atoms with van der Waals surface area (Å²) < 4.78 is 0. The maximum atomic E-state index is 5.16. The summed E-state index contributed by atoms with van der Waals surface area (Å²) in [6.45, 7) is 4.59. The van der Waals surface area contributed by atoms with E-state index in [4.69, 9.17) is 4.99 Å². The first kappa shape index (κ1) is 24.7. The van der Waals surface area contributed by atoms with Gasteiger partial charge in [0.1, 0.15) is 0 Å². The highest BCUT2D eigenvalue weighted by molar-refractivity contribution is 5.82. The summed E-state index contributed by atoms with van der Waals surface area (Å²) in [5, 5.41) is 0. The number of hydrogen-bond donors (Lipinski definition) is 0. The van der Waals surface area contributed by atoms with Crippen LogP contribution in [0.5, 0.6) is 0 Å². The standard InChI is InChI=1S/C26H51N/c1-3-4-5-6-7-8-10-13-16-19-22-25(2)27-26-23-20-17-14-11-9-12-15-18-21-24-26/h26H,3-24H2,1-2H3. The normalized spacial score (nSPS) is 18.8. The Bertz CT molecular complexity index is 321. The first-order valence-corrected chi connectivity index (χ1v) is 12.9. The topological polar surface area (TPSA) is 12.4 Å². The molecule has 0 N–H and O–H groups in total. The van der Waals surface area contributed by atoms with Gasteiger partial charge in [0.05, 0.1) is 0 Å². The van der Waals surface area contributed by atoms with Crippen molar-refractivity contribution in [1.29, 1.82) is 0 Å². The molecule has 0 bridgehead atoms. The number of unbranched alkanes of at least 4 members (excludes halogenated alkanes) is 9. The van der Waals surface area contributed by atoms with Crippen LogP contribution in [0.3, 0.4) is 0 Å². The maximum absolute atomic E-state index is 5.16. The molecule has 1 nitrogen and oxygen atoms in total. The average Bonchev–Trinajstić information content (AvgIpc) is 2.65. The number of aliphatic imine (C=N–C) groups is 1. The van der Waals surface area contributed by atoms with Gasteiger partial charge < -0.3 is 0 Å². The van der Waals surface area contributed by atoms with Gasteiger partial charge in [-0.25, -0.2) is 0 Å². The van der Waals surface area contributed by atoms with Crippen LogP contribution in [-0.2, 0) is 0 Å². The molecule has 0 aliphatic heterocycles. The second-order valence-electron chi connectivity index (χ2n) is 9.21. The highest BCUT2D eigenvalue weighted by Gasteiger charge is 2.08. The van der Waals surface area contributed by atoms with Crippen molar-refractivity contribution in [3.63, 3.8) is 0 Å². The van der Waals surface area contributed by atoms with E-state index >= 15 is 0 Å². The van der Waals surface area contributed by atoms with Gasteiger partial charge in [0.2, 0.25) is 0 Å². The van der Waals surface area contributed by atoms with Crippen molar-refractivity contribution in [2.45, 2.75) is 161 Å². The van der Waals surface area contributed by atoms with E-state index < -0.39 is 0 Å². The predicted octanol–water partition coefficient (Wildman–Crippen LogP) is 9.43. The van der Waals surface area contributed by atoms with Gasteiger partial charge in [-0.05, 0) is 32.6 Å². The summed E-state index contributed by atoms with van der Waals surface area (Å²) in [5.74, 6) is 0. The van der Waals surface area contributed by atoms with Gasteiger partial charge in [0, 0.05) is 11.8 Å². The molecular formula is C26H51N. The van der Waals surface area contributed by atoms with E-state index in [-0.39, 0.29) is 0 Å². The second kappa shape index (κ2) is 19.0. The minimum Gasteiger partial charge on any atom is -0.291 e. The number of hydrogen-bond acceptors (Lipinski definition) is 1. The Balaban J connectivity index is 2.09. The molecule has 0 aromatic rings. The zero-order valence-electron chi connectivity index (χ0n) is 19.1. The third-order valence-corrected chi connectivity index (χ3v) is 6.37. The van der Waals surface area contributed by atoms with E-state index in [0.717, 1.165) is 0 Å². The lowest BCUT2D eigenvalue weighted by Gasteiger charge is -2.15. The van der Waals surface area contributed by atoms with Crippen molar-refractivity contribution in [2.75, 3.05) is 0 Å². The smallest absolute Gasteiger partial charge is 0.0498 e. The second-order valence-corrected chi connectivity index (χ2v) is 9.21. The van der Waals surface area contributed by atoms with Crippen LogP contribution in [0.25, 0.3) is 0 Å². The fourth-order valence-electron chi connectivity index (χ4n) is 4.52. The van der Waals surface area contributed by atoms with Crippen LogP contribution in [0.4, 0.5) is 0 Å². The zero-order valence-corrected chi connectivity index (χ0v) is 19.1. The van der Waals surface area contributed by atoms with Gasteiger partial charge in [-0.3, -0.25) is 4.99 Å². The van der Waals surface area contributed by atoms with E-state index in [2.05, 4.69) is 13.8 Å². The van der Waals surface area contributed by atoms with Gasteiger partial charge in [0.25, 0.3) is 0 Å². The van der Waals surface area contributed by atoms with E-state index in [9.17, 15) is 0 Å². The lowest BCUT2D eigenvalue weighted by atomic mass is 9.98. The predicted molar refractivity (Wildman–Crippen MR) is 124 cm³/mol. The lowest BCUT2D eigenvalue weighted by Crippen LogP contribution is -2.08. The van der Waals surface area contributed by atoms with Crippen molar-refractivity contribution in [3.8, 4) is 0 Å². The molecule has 0 spiro atoms. The first-order chi connectivity index (χ1) is 13.3. The van der Waals surface area contributed by atoms with Gasteiger partial charge in [-0.2, -0.15) is 0 Å². The molecular weight excluding hydrogens is 326 g/mol. The van der Waals surface area contributed by atoms with E-state index in [1.165, 1.54) is 147 Å². The first-order valence-electron chi connectivity index (χ1n) is 12.9. The fraction of sp³-hybridized carbons (Fsp3) is 0.962. The molecule has 0 saturated heterocycles. The number of nitrogens with zero attached hydrogens (tertiary/aromatic N) is 1. The van der Waals surface area contributed by atoms with Crippen molar-refractivity contribution in [2.24, 2.45) is 4.99 Å². The van der Waals surface area contributed by atoms with Gasteiger partial charge >= 0.3 is 0 Å². The van der Waals surface area contributed by atoms with Gasteiger partial charge in [0.15, 0.2) is 0 Å². The van der Waals surface area contributed by atoms with Crippen LogP contribution in [0.2, 0.25) is 0 Å². The highest BCUT2D eigenvalue weighted by atomic mass is 14.8. The maximum Gasteiger partial charge on any atom is 0.0498 e. The Hall–Kier alpha value is -0.330. The van der Waals surface area contributed by atoms with Crippen LogP contribution < -0.4 is 0 Å². The molecule has 1 fully saturated rings. The summed E-state index contributed by atoms with van der Waals surface area (Å²) in [7, 11) is 0. The van der Waals surface area contributed by atoms with E-state index in [0.29, 0.717) is 6.04 Å². The monoisotopic (exact) mass is 377 g/mol. The molecule has 0 unspecified atom stereocenters. The van der Waals surface area contributed by atoms with E-state index in [1.54, 1.807) is 0 Å². The van der Waals surface area contributed by atoms with Crippen molar-refractivity contribution < 1.29 is 0 Å². The third kappa shape index (κ3) is 16.3. The van der Waals surface area contributed by atoms with Crippen LogP contribution in [0, 0.1) is 0 Å². The minimum atomic E-state index is 0.632. The molecule has 0 amide bonds. The molecule has 1 aliphatic carbocycles. The molecule has 0 heterocycles. The summed E-state index contributed by atoms with van der Waals surface area (Å²) in [4.78, 5) is 5.16. The molecule has 1 heteroatoms. The average molecular weight is 378 g/mol. The molecule has 1 saturated carbocycles. The molecule has 27 heavy (non-hydrogen) atoms. The Morgan fingerprint density at radius 1 is 0.593 bits per heavy atom. The lowest BCUT2D eigenvalue weighted by molar-refractivity contribution is 0.466. The van der Waals surface area contributed by atoms with Crippen molar-refractivity contribution in [1.82, 2.24) is 0 Å². The summed E-state index contributed by atoms with van der Waals surface area (Å²) in [6.07, 6.45) is 31.2. The molecule has 1 rings (SSSR count). The summed E-state index contributed by atoms with van der Waals surface area (Å²) >= 11 is 0. The van der Waals surface area contributed by atoms with Crippen LogP contribution in [-0.4, -0.2) is 11.8 Å². The van der Waals surface area contributed by atoms with Crippen LogP contribution in [0.1, 0.15) is 155 Å². The minimum absolute atomic E-state index is 0.632. The van der Waals surface area contributed by atoms with Gasteiger partial charge in [-0.1, -0.05) is 122 Å². The molecule has 1 aliphatic rings. The fourth-order valence-corrected chi connectivity index (χ4v) is 4.52. The molecule has 0 aromatic heterocycles. The molecule has 160 valence electrons. The molecule has 0 radical (unpaired) electrons. The van der Waals surface area contributed by atoms with Crippen LogP contribution >= 0.6 is 0 Å². The summed E-state index contributed by atoms with van der Waals surface area (Å²) in [6, 6.07) is 0.632. The highest BCUT2D eigenvalue weighted by Crippen LogP contribution is 2.19. The largest absolute Gasteiger partial charge is 0.291 e. The molecule has 0 atom stereocenters. The van der Waals surface area contributed by atoms with E-state index in [1.807, 2.05) is 0 Å². The Morgan fingerprint density at radius 2 is 1.00 bits per heavy atom. The number of rotatable bonds is 12. The zero-order chi connectivity index (χ0) is 19.4. The Labute approximate surface area is 172 Å². The van der Waals surface area contributed by atoms with Crippen LogP contribution in [0.15, 0.2) is 4.99 Å².